The van der Waals surface area contributed by atoms with Crippen LogP contribution < -0.4 is 9.47 Å². The van der Waals surface area contributed by atoms with Gasteiger partial charge < -0.3 is 14.6 Å². The van der Waals surface area contributed by atoms with E-state index >= 15 is 0 Å². The van der Waals surface area contributed by atoms with Gasteiger partial charge in [-0.05, 0) is 40.2 Å². The van der Waals surface area contributed by atoms with Crippen LogP contribution >= 0.6 is 15.9 Å². The Morgan fingerprint density at radius 3 is 2.63 bits per heavy atom. The Morgan fingerprint density at radius 1 is 1.26 bits per heavy atom. The van der Waals surface area contributed by atoms with Gasteiger partial charge in [-0.2, -0.15) is 0 Å². The number of carboxylic acids is 1. The molecule has 19 heavy (non-hydrogen) atoms. The van der Waals surface area contributed by atoms with Crippen molar-refractivity contribution in [3.63, 3.8) is 0 Å². The summed E-state index contributed by atoms with van der Waals surface area (Å²) in [5, 5.41) is 8.96. The quantitative estimate of drug-likeness (QED) is 0.934. The van der Waals surface area contributed by atoms with Gasteiger partial charge in [0, 0.05) is 16.7 Å². The normalized spacial score (nSPS) is 10.0. The maximum atomic E-state index is 10.9. The average molecular weight is 324 g/mol. The van der Waals surface area contributed by atoms with Gasteiger partial charge in [0.25, 0.3) is 0 Å². The fourth-order valence-electron chi connectivity index (χ4n) is 1.42. The van der Waals surface area contributed by atoms with Gasteiger partial charge in [0.05, 0.1) is 12.7 Å². The molecule has 98 valence electrons. The van der Waals surface area contributed by atoms with Crippen LogP contribution in [-0.2, 0) is 0 Å². The summed E-state index contributed by atoms with van der Waals surface area (Å²) < 4.78 is 11.5. The number of methoxy groups -OCH3 is 1. The lowest BCUT2D eigenvalue weighted by Gasteiger charge is -2.10. The van der Waals surface area contributed by atoms with Gasteiger partial charge in [-0.3, -0.25) is 0 Å². The fourth-order valence-corrected chi connectivity index (χ4v) is 1.66. The summed E-state index contributed by atoms with van der Waals surface area (Å²) in [6, 6.07) is 7.82. The molecule has 0 fully saturated rings. The van der Waals surface area contributed by atoms with Crippen molar-refractivity contribution in [3.8, 4) is 17.4 Å². The summed E-state index contributed by atoms with van der Waals surface area (Å²) >= 11 is 3.27. The summed E-state index contributed by atoms with van der Waals surface area (Å²) in [7, 11) is 1.48. The first-order chi connectivity index (χ1) is 9.10. The van der Waals surface area contributed by atoms with Crippen LogP contribution in [0.3, 0.4) is 0 Å². The number of halogens is 1. The second kappa shape index (κ2) is 5.71. The number of carbonyl (C=O) groups is 1. The van der Waals surface area contributed by atoms with Gasteiger partial charge in [-0.1, -0.05) is 0 Å². The van der Waals surface area contributed by atoms with Gasteiger partial charge in [-0.15, -0.1) is 0 Å². The molecule has 1 heterocycles. The first-order valence-corrected chi connectivity index (χ1v) is 6.10. The summed E-state index contributed by atoms with van der Waals surface area (Å²) in [5.41, 5.74) is 0.118. The molecule has 6 heteroatoms. The third-order valence-corrected chi connectivity index (χ3v) is 2.79. The molecular formula is C13H10BrNO4. The Bertz CT molecular complexity index is 598. The number of rotatable bonds is 4. The minimum Gasteiger partial charge on any atom is -0.493 e. The topological polar surface area (TPSA) is 68.7 Å². The molecule has 0 spiro atoms. The van der Waals surface area contributed by atoms with Crippen molar-refractivity contribution in [3.05, 3.63) is 46.6 Å². The van der Waals surface area contributed by atoms with Crippen LogP contribution in [0, 0.1) is 0 Å². The van der Waals surface area contributed by atoms with Crippen molar-refractivity contribution in [1.29, 1.82) is 0 Å². The minimum absolute atomic E-state index is 0.118. The van der Waals surface area contributed by atoms with Crippen molar-refractivity contribution >= 4 is 21.9 Å². The first kappa shape index (κ1) is 13.4. The van der Waals surface area contributed by atoms with E-state index in [9.17, 15) is 4.79 Å². The highest BCUT2D eigenvalue weighted by Crippen LogP contribution is 2.31. The highest BCUT2D eigenvalue weighted by atomic mass is 79.9. The highest BCUT2D eigenvalue weighted by Gasteiger charge is 2.11. The van der Waals surface area contributed by atoms with Crippen molar-refractivity contribution in [2.45, 2.75) is 0 Å². The number of pyridine rings is 1. The highest BCUT2D eigenvalue weighted by molar-refractivity contribution is 9.10. The van der Waals surface area contributed by atoms with Crippen molar-refractivity contribution in [1.82, 2.24) is 4.98 Å². The number of ether oxygens (including phenoxy) is 2. The van der Waals surface area contributed by atoms with Crippen LogP contribution in [0.25, 0.3) is 0 Å². The van der Waals surface area contributed by atoms with Crippen LogP contribution in [0.15, 0.2) is 41.0 Å². The molecule has 0 aliphatic heterocycles. The predicted molar refractivity (Wildman–Crippen MR) is 72.0 cm³/mol. The molecule has 0 amide bonds. The molecule has 2 rings (SSSR count). The second-order valence-electron chi connectivity index (χ2n) is 3.59. The van der Waals surface area contributed by atoms with Crippen LogP contribution in [0.5, 0.6) is 17.4 Å². The Labute approximate surface area is 117 Å². The average Bonchev–Trinajstić information content (AvgIpc) is 2.41. The minimum atomic E-state index is -1.03. The molecule has 1 N–H and O–H groups in total. The van der Waals surface area contributed by atoms with E-state index in [-0.39, 0.29) is 5.56 Å². The van der Waals surface area contributed by atoms with E-state index in [1.165, 1.54) is 25.3 Å². The van der Waals surface area contributed by atoms with Crippen molar-refractivity contribution in [2.75, 3.05) is 7.11 Å². The Hall–Kier alpha value is -2.08. The molecule has 1 aromatic heterocycles. The van der Waals surface area contributed by atoms with E-state index in [1.807, 2.05) is 0 Å². The van der Waals surface area contributed by atoms with Gasteiger partial charge in [0.2, 0.25) is 5.88 Å². The molecule has 0 aliphatic rings. The molecule has 1 aromatic carbocycles. The monoisotopic (exact) mass is 323 g/mol. The van der Waals surface area contributed by atoms with Crippen LogP contribution in [0.1, 0.15) is 10.4 Å². The largest absolute Gasteiger partial charge is 0.493 e. The number of benzene rings is 1. The molecule has 0 unspecified atom stereocenters. The fraction of sp³-hybridized carbons (Fsp3) is 0.0769. The maximum absolute atomic E-state index is 10.9. The molecule has 0 radical (unpaired) electrons. The summed E-state index contributed by atoms with van der Waals surface area (Å²) in [4.78, 5) is 15.0. The molecule has 0 saturated heterocycles. The molecule has 2 aromatic rings. The Balaban J connectivity index is 2.34. The second-order valence-corrected chi connectivity index (χ2v) is 4.50. The lowest BCUT2D eigenvalue weighted by molar-refractivity contribution is 0.0696. The smallest absolute Gasteiger partial charge is 0.335 e. The van der Waals surface area contributed by atoms with Gasteiger partial charge in [0.1, 0.15) is 0 Å². The van der Waals surface area contributed by atoms with Crippen LogP contribution in [-0.4, -0.2) is 23.2 Å². The van der Waals surface area contributed by atoms with E-state index in [4.69, 9.17) is 14.6 Å². The summed E-state index contributed by atoms with van der Waals surface area (Å²) in [5.74, 6) is 0.0623. The summed E-state index contributed by atoms with van der Waals surface area (Å²) in [6.45, 7) is 0. The van der Waals surface area contributed by atoms with Crippen molar-refractivity contribution in [2.24, 2.45) is 0 Å². The third-order valence-electron chi connectivity index (χ3n) is 2.33. The van der Waals surface area contributed by atoms with Gasteiger partial charge in [-0.25, -0.2) is 9.78 Å². The third kappa shape index (κ3) is 3.23. The number of nitrogens with zero attached hydrogens (tertiary/aromatic N) is 1. The predicted octanol–water partition coefficient (Wildman–Crippen LogP) is 3.34. The zero-order valence-corrected chi connectivity index (χ0v) is 11.5. The van der Waals surface area contributed by atoms with Crippen molar-refractivity contribution < 1.29 is 19.4 Å². The molecule has 0 bridgehead atoms. The maximum Gasteiger partial charge on any atom is 0.335 e. The number of hydrogen-bond donors (Lipinski definition) is 1. The molecule has 0 saturated carbocycles. The van der Waals surface area contributed by atoms with Gasteiger partial charge in [0.15, 0.2) is 11.5 Å². The van der Waals surface area contributed by atoms with E-state index in [0.717, 1.165) is 4.47 Å². The number of carboxylic acid groups (broad SMARTS) is 1. The van der Waals surface area contributed by atoms with Gasteiger partial charge >= 0.3 is 5.97 Å². The zero-order valence-electron chi connectivity index (χ0n) is 9.96. The van der Waals surface area contributed by atoms with E-state index in [1.54, 1.807) is 18.3 Å². The molecule has 5 nitrogen and oxygen atoms in total. The Morgan fingerprint density at radius 2 is 2.05 bits per heavy atom. The number of hydrogen-bond acceptors (Lipinski definition) is 4. The zero-order chi connectivity index (χ0) is 13.8. The van der Waals surface area contributed by atoms with E-state index < -0.39 is 5.97 Å². The molecule has 0 atom stereocenters. The lowest BCUT2D eigenvalue weighted by Crippen LogP contribution is -1.98. The van der Waals surface area contributed by atoms with Crippen LogP contribution in [0.4, 0.5) is 0 Å². The van der Waals surface area contributed by atoms with E-state index in [0.29, 0.717) is 17.4 Å². The van der Waals surface area contributed by atoms with Crippen LogP contribution in [0.2, 0.25) is 0 Å². The lowest BCUT2D eigenvalue weighted by atomic mass is 10.2. The molecular weight excluding hydrogens is 314 g/mol. The summed E-state index contributed by atoms with van der Waals surface area (Å²) in [6.07, 6.45) is 1.59. The Kier molecular flexibility index (Phi) is 4.01. The number of aromatic nitrogens is 1. The van der Waals surface area contributed by atoms with E-state index in [2.05, 4.69) is 20.9 Å². The SMILES string of the molecule is COc1ccc(C(=O)O)cc1Oc1ccc(Br)cn1. The number of aromatic carboxylic acids is 1. The standard InChI is InChI=1S/C13H10BrNO4/c1-18-10-4-2-8(13(16)17)6-11(10)19-12-5-3-9(14)7-15-12/h2-7H,1H3,(H,16,17). The molecule has 0 aliphatic carbocycles. The first-order valence-electron chi connectivity index (χ1n) is 5.31.